The van der Waals surface area contributed by atoms with Gasteiger partial charge in [0.05, 0.1) is 12.3 Å². The maximum absolute atomic E-state index is 10.5. The largest absolute Gasteiger partial charge is 0.449 e. The lowest BCUT2D eigenvalue weighted by Crippen LogP contribution is -2.35. The van der Waals surface area contributed by atoms with Crippen molar-refractivity contribution in [1.82, 2.24) is 4.98 Å². The zero-order valence-electron chi connectivity index (χ0n) is 10.9. The van der Waals surface area contributed by atoms with E-state index in [9.17, 15) is 14.9 Å². The Morgan fingerprint density at radius 2 is 2.20 bits per heavy atom. The summed E-state index contributed by atoms with van der Waals surface area (Å²) < 4.78 is 4.80. The maximum Gasteiger partial charge on any atom is 0.404 e. The van der Waals surface area contributed by atoms with Gasteiger partial charge in [-0.25, -0.2) is 4.79 Å². The first-order valence-corrected chi connectivity index (χ1v) is 6.34. The van der Waals surface area contributed by atoms with Crippen LogP contribution in [0.1, 0.15) is 12.8 Å². The van der Waals surface area contributed by atoms with Crippen LogP contribution in [0.15, 0.2) is 18.3 Å². The fourth-order valence-electron chi connectivity index (χ4n) is 2.23. The molecule has 1 fully saturated rings. The van der Waals surface area contributed by atoms with Crippen molar-refractivity contribution in [2.24, 2.45) is 11.7 Å². The molecule has 1 aliphatic heterocycles. The summed E-state index contributed by atoms with van der Waals surface area (Å²) in [7, 11) is 0. The number of ether oxygens (including phenoxy) is 1. The first kappa shape index (κ1) is 14.0. The second-order valence-corrected chi connectivity index (χ2v) is 4.69. The summed E-state index contributed by atoms with van der Waals surface area (Å²) in [4.78, 5) is 26.5. The van der Waals surface area contributed by atoms with Gasteiger partial charge in [-0.3, -0.25) is 0 Å². The number of nitro groups is 1. The minimum absolute atomic E-state index is 0.154. The Morgan fingerprint density at radius 1 is 1.50 bits per heavy atom. The van der Waals surface area contributed by atoms with E-state index < -0.39 is 11.0 Å². The normalized spacial score (nSPS) is 15.9. The average Bonchev–Trinajstić information content (AvgIpc) is 2.46. The van der Waals surface area contributed by atoms with Gasteiger partial charge in [-0.2, -0.15) is 0 Å². The first-order chi connectivity index (χ1) is 9.56. The molecule has 0 aromatic carbocycles. The van der Waals surface area contributed by atoms with E-state index in [-0.39, 0.29) is 5.82 Å². The quantitative estimate of drug-likeness (QED) is 0.657. The van der Waals surface area contributed by atoms with Gasteiger partial charge in [0.1, 0.15) is 0 Å². The number of amides is 1. The molecule has 0 atom stereocenters. The molecule has 0 aliphatic carbocycles. The zero-order chi connectivity index (χ0) is 14.5. The van der Waals surface area contributed by atoms with Crippen molar-refractivity contribution in [3.05, 3.63) is 28.4 Å². The molecule has 1 aliphatic rings. The second kappa shape index (κ2) is 6.18. The number of hydrogen-bond donors (Lipinski definition) is 1. The number of carbonyl (C=O) groups excluding carboxylic acids is 1. The Kier molecular flexibility index (Phi) is 4.34. The molecule has 2 rings (SSSR count). The van der Waals surface area contributed by atoms with Crippen molar-refractivity contribution in [2.45, 2.75) is 12.8 Å². The van der Waals surface area contributed by atoms with Crippen LogP contribution < -0.4 is 10.6 Å². The minimum atomic E-state index is -0.744. The topological polar surface area (TPSA) is 112 Å². The molecule has 0 spiro atoms. The van der Waals surface area contributed by atoms with E-state index in [0.717, 1.165) is 31.6 Å². The number of anilines is 1. The Balaban J connectivity index is 1.87. The molecule has 2 N–H and O–H groups in total. The molecule has 1 amide bonds. The molecule has 1 saturated heterocycles. The fourth-order valence-corrected chi connectivity index (χ4v) is 2.23. The molecule has 0 unspecified atom stereocenters. The number of hydrogen-bond acceptors (Lipinski definition) is 6. The zero-order valence-corrected chi connectivity index (χ0v) is 10.9. The van der Waals surface area contributed by atoms with Gasteiger partial charge in [0.15, 0.2) is 6.20 Å². The van der Waals surface area contributed by atoms with Crippen LogP contribution >= 0.6 is 0 Å². The molecule has 2 heterocycles. The van der Waals surface area contributed by atoms with Gasteiger partial charge in [-0.1, -0.05) is 0 Å². The molecule has 0 radical (unpaired) electrons. The van der Waals surface area contributed by atoms with Gasteiger partial charge >= 0.3 is 11.9 Å². The highest BCUT2D eigenvalue weighted by molar-refractivity contribution is 5.64. The van der Waals surface area contributed by atoms with Gasteiger partial charge < -0.3 is 25.5 Å². The van der Waals surface area contributed by atoms with Gasteiger partial charge in [-0.15, -0.1) is 0 Å². The van der Waals surface area contributed by atoms with Crippen LogP contribution in [0, 0.1) is 16.0 Å². The molecule has 108 valence electrons. The SMILES string of the molecule is NC(=O)OCC1CCN(c2ccc([N+](=O)[O-])nc2)CC1. The van der Waals surface area contributed by atoms with E-state index in [2.05, 4.69) is 9.88 Å². The molecular formula is C12H16N4O4. The Morgan fingerprint density at radius 3 is 2.70 bits per heavy atom. The Labute approximate surface area is 115 Å². The lowest BCUT2D eigenvalue weighted by molar-refractivity contribution is -0.389. The molecule has 20 heavy (non-hydrogen) atoms. The predicted molar refractivity (Wildman–Crippen MR) is 71.4 cm³/mol. The highest BCUT2D eigenvalue weighted by Gasteiger charge is 2.21. The maximum atomic E-state index is 10.5. The van der Waals surface area contributed by atoms with Gasteiger partial charge in [0.2, 0.25) is 0 Å². The standard InChI is InChI=1S/C12H16N4O4/c13-12(17)20-8-9-3-5-15(6-4-9)10-1-2-11(14-7-10)16(18)19/h1-2,7,9H,3-6,8H2,(H2,13,17). The smallest absolute Gasteiger partial charge is 0.404 e. The van der Waals surface area contributed by atoms with Crippen molar-refractivity contribution in [3.63, 3.8) is 0 Å². The highest BCUT2D eigenvalue weighted by Crippen LogP contribution is 2.23. The number of piperidine rings is 1. The number of nitrogens with zero attached hydrogens (tertiary/aromatic N) is 3. The number of aromatic nitrogens is 1. The van der Waals surface area contributed by atoms with Gasteiger partial charge in [0.25, 0.3) is 0 Å². The van der Waals surface area contributed by atoms with Crippen molar-refractivity contribution >= 4 is 17.6 Å². The summed E-state index contributed by atoms with van der Waals surface area (Å²) >= 11 is 0. The first-order valence-electron chi connectivity index (χ1n) is 6.34. The third-order valence-electron chi connectivity index (χ3n) is 3.36. The molecule has 8 nitrogen and oxygen atoms in total. The summed E-state index contributed by atoms with van der Waals surface area (Å²) in [5, 5.41) is 10.5. The minimum Gasteiger partial charge on any atom is -0.449 e. The van der Waals surface area contributed by atoms with Crippen LogP contribution in [-0.4, -0.2) is 35.7 Å². The Bertz CT molecular complexity index is 483. The molecule has 0 saturated carbocycles. The third kappa shape index (κ3) is 3.56. The summed E-state index contributed by atoms with van der Waals surface area (Å²) in [6.45, 7) is 1.94. The van der Waals surface area contributed by atoms with E-state index in [1.807, 2.05) is 0 Å². The van der Waals surface area contributed by atoms with E-state index in [0.29, 0.717) is 12.5 Å². The van der Waals surface area contributed by atoms with Gasteiger partial charge in [-0.05, 0) is 34.7 Å². The molecule has 1 aromatic rings. The summed E-state index contributed by atoms with van der Waals surface area (Å²) in [6, 6.07) is 3.10. The second-order valence-electron chi connectivity index (χ2n) is 4.69. The summed E-state index contributed by atoms with van der Waals surface area (Å²) in [5.41, 5.74) is 5.80. The number of nitrogens with two attached hydrogens (primary N) is 1. The molecule has 1 aromatic heterocycles. The molecular weight excluding hydrogens is 264 g/mol. The highest BCUT2D eigenvalue weighted by atomic mass is 16.6. The van der Waals surface area contributed by atoms with Crippen LogP contribution in [0.5, 0.6) is 0 Å². The third-order valence-corrected chi connectivity index (χ3v) is 3.36. The number of primary amides is 1. The van der Waals surface area contributed by atoms with Crippen molar-refractivity contribution in [2.75, 3.05) is 24.6 Å². The van der Waals surface area contributed by atoms with Crippen molar-refractivity contribution in [1.29, 1.82) is 0 Å². The van der Waals surface area contributed by atoms with E-state index in [4.69, 9.17) is 10.5 Å². The monoisotopic (exact) mass is 280 g/mol. The lowest BCUT2D eigenvalue weighted by Gasteiger charge is -2.32. The summed E-state index contributed by atoms with van der Waals surface area (Å²) in [5.74, 6) is 0.156. The Hall–Kier alpha value is -2.38. The van der Waals surface area contributed by atoms with E-state index in [1.54, 1.807) is 6.07 Å². The average molecular weight is 280 g/mol. The van der Waals surface area contributed by atoms with Crippen LogP contribution in [-0.2, 0) is 4.74 Å². The fraction of sp³-hybridized carbons (Fsp3) is 0.500. The van der Waals surface area contributed by atoms with Crippen molar-refractivity contribution in [3.8, 4) is 0 Å². The number of pyridine rings is 1. The van der Waals surface area contributed by atoms with Crippen LogP contribution in [0.3, 0.4) is 0 Å². The number of carbonyl (C=O) groups is 1. The lowest BCUT2D eigenvalue weighted by atomic mass is 9.97. The predicted octanol–water partition coefficient (Wildman–Crippen LogP) is 1.30. The van der Waals surface area contributed by atoms with E-state index >= 15 is 0 Å². The molecule has 8 heteroatoms. The van der Waals surface area contributed by atoms with Crippen LogP contribution in [0.25, 0.3) is 0 Å². The molecule has 0 bridgehead atoms. The van der Waals surface area contributed by atoms with E-state index in [1.165, 1.54) is 12.3 Å². The number of rotatable bonds is 4. The van der Waals surface area contributed by atoms with Gasteiger partial charge in [0, 0.05) is 19.2 Å². The van der Waals surface area contributed by atoms with Crippen LogP contribution in [0.4, 0.5) is 16.3 Å². The van der Waals surface area contributed by atoms with Crippen molar-refractivity contribution < 1.29 is 14.5 Å². The van der Waals surface area contributed by atoms with Crippen LogP contribution in [0.2, 0.25) is 0 Å². The summed E-state index contributed by atoms with van der Waals surface area (Å²) in [6.07, 6.45) is 2.53.